The van der Waals surface area contributed by atoms with Gasteiger partial charge in [0.2, 0.25) is 5.91 Å². The van der Waals surface area contributed by atoms with Crippen LogP contribution in [0.25, 0.3) is 10.9 Å². The number of benzene rings is 2. The van der Waals surface area contributed by atoms with E-state index in [0.717, 1.165) is 27.9 Å². The molecule has 0 atom stereocenters. The Kier molecular flexibility index (Phi) is 6.08. The zero-order valence-corrected chi connectivity index (χ0v) is 15.6. The van der Waals surface area contributed by atoms with Gasteiger partial charge in [0.15, 0.2) is 0 Å². The summed E-state index contributed by atoms with van der Waals surface area (Å²) in [6.45, 7) is 1.73. The van der Waals surface area contributed by atoms with Gasteiger partial charge in [0.25, 0.3) is 0 Å². The van der Waals surface area contributed by atoms with Gasteiger partial charge < -0.3 is 19.9 Å². The summed E-state index contributed by atoms with van der Waals surface area (Å²) in [7, 11) is 3.58. The van der Waals surface area contributed by atoms with Crippen molar-refractivity contribution >= 4 is 16.8 Å². The van der Waals surface area contributed by atoms with Gasteiger partial charge in [0, 0.05) is 48.2 Å². The minimum atomic E-state index is -0.242. The maximum atomic E-state index is 13.3. The minimum absolute atomic E-state index is 0.00789. The van der Waals surface area contributed by atoms with Crippen LogP contribution in [0.4, 0.5) is 4.39 Å². The van der Waals surface area contributed by atoms with Gasteiger partial charge in [0.1, 0.15) is 11.6 Å². The lowest BCUT2D eigenvalue weighted by atomic mass is 10.2. The molecule has 0 aliphatic heterocycles. The highest BCUT2D eigenvalue weighted by Crippen LogP contribution is 2.18. The van der Waals surface area contributed by atoms with Gasteiger partial charge in [-0.1, -0.05) is 18.2 Å². The molecule has 5 nitrogen and oxygen atoms in total. The SMILES string of the molecule is COc1ccccc1CNC(=O)CCN(C)Cc1cc2cc(F)ccc2[nH]1. The van der Waals surface area contributed by atoms with E-state index in [2.05, 4.69) is 15.2 Å². The molecule has 0 aliphatic rings. The lowest BCUT2D eigenvalue weighted by Crippen LogP contribution is -2.28. The summed E-state index contributed by atoms with van der Waals surface area (Å²) in [5.74, 6) is 0.518. The van der Waals surface area contributed by atoms with Crippen LogP contribution in [0.2, 0.25) is 0 Å². The predicted octanol–water partition coefficient (Wildman–Crippen LogP) is 3.45. The summed E-state index contributed by atoms with van der Waals surface area (Å²) in [4.78, 5) is 17.5. The first kappa shape index (κ1) is 18.9. The summed E-state index contributed by atoms with van der Waals surface area (Å²) >= 11 is 0. The molecule has 27 heavy (non-hydrogen) atoms. The number of fused-ring (bicyclic) bond motifs is 1. The minimum Gasteiger partial charge on any atom is -0.496 e. The van der Waals surface area contributed by atoms with Gasteiger partial charge >= 0.3 is 0 Å². The van der Waals surface area contributed by atoms with Crippen LogP contribution in [-0.4, -0.2) is 36.5 Å². The molecule has 0 bridgehead atoms. The maximum absolute atomic E-state index is 13.3. The number of para-hydroxylation sites is 1. The molecule has 3 rings (SSSR count). The van der Waals surface area contributed by atoms with Crippen molar-refractivity contribution in [1.29, 1.82) is 0 Å². The number of methoxy groups -OCH3 is 1. The number of nitrogens with one attached hydrogen (secondary N) is 2. The maximum Gasteiger partial charge on any atom is 0.221 e. The topological polar surface area (TPSA) is 57.4 Å². The lowest BCUT2D eigenvalue weighted by Gasteiger charge is -2.15. The Morgan fingerprint density at radius 1 is 1.22 bits per heavy atom. The molecule has 1 amide bonds. The van der Waals surface area contributed by atoms with Gasteiger partial charge in [-0.2, -0.15) is 0 Å². The second-order valence-electron chi connectivity index (χ2n) is 6.60. The fraction of sp³-hybridized carbons (Fsp3) is 0.286. The third-order valence-electron chi connectivity index (χ3n) is 4.47. The molecule has 142 valence electrons. The molecule has 0 radical (unpaired) electrons. The largest absolute Gasteiger partial charge is 0.496 e. The Bertz CT molecular complexity index is 923. The van der Waals surface area contributed by atoms with Gasteiger partial charge in [-0.25, -0.2) is 4.39 Å². The Morgan fingerprint density at radius 3 is 2.85 bits per heavy atom. The number of halogens is 1. The van der Waals surface area contributed by atoms with Crippen LogP contribution in [0.3, 0.4) is 0 Å². The van der Waals surface area contributed by atoms with Crippen LogP contribution in [0.5, 0.6) is 5.75 Å². The smallest absolute Gasteiger partial charge is 0.221 e. The molecule has 0 fully saturated rings. The number of hydrogen-bond acceptors (Lipinski definition) is 3. The molecule has 1 aromatic heterocycles. The van der Waals surface area contributed by atoms with E-state index in [0.29, 0.717) is 26.1 Å². The molecule has 0 spiro atoms. The first-order valence-electron chi connectivity index (χ1n) is 8.89. The molecule has 0 saturated carbocycles. The van der Waals surface area contributed by atoms with Gasteiger partial charge in [-0.15, -0.1) is 0 Å². The number of hydrogen-bond donors (Lipinski definition) is 2. The van der Waals surface area contributed by atoms with Crippen LogP contribution in [0.15, 0.2) is 48.5 Å². The predicted molar refractivity (Wildman–Crippen MR) is 104 cm³/mol. The van der Waals surface area contributed by atoms with E-state index in [-0.39, 0.29) is 11.7 Å². The van der Waals surface area contributed by atoms with Crippen molar-refractivity contribution in [2.24, 2.45) is 0 Å². The third-order valence-corrected chi connectivity index (χ3v) is 4.47. The summed E-state index contributed by atoms with van der Waals surface area (Å²) in [5.41, 5.74) is 2.86. The number of nitrogens with zero attached hydrogens (tertiary/aromatic N) is 1. The summed E-state index contributed by atoms with van der Waals surface area (Å²) in [6.07, 6.45) is 0.403. The molecule has 0 unspecified atom stereocenters. The first-order valence-corrected chi connectivity index (χ1v) is 8.89. The summed E-state index contributed by atoms with van der Waals surface area (Å²) < 4.78 is 18.6. The van der Waals surface area contributed by atoms with Crippen molar-refractivity contribution in [2.75, 3.05) is 20.7 Å². The van der Waals surface area contributed by atoms with Crippen molar-refractivity contribution in [3.63, 3.8) is 0 Å². The number of ether oxygens (including phenoxy) is 1. The molecular formula is C21H24FN3O2. The number of H-pyrrole nitrogens is 1. The standard InChI is InChI=1S/C21H24FN3O2/c1-25(14-18-12-16-11-17(22)7-8-19(16)24-18)10-9-21(26)23-13-15-5-3-4-6-20(15)27-2/h3-8,11-12,24H,9-10,13-14H2,1-2H3,(H,23,26). The van der Waals surface area contributed by atoms with Crippen LogP contribution < -0.4 is 10.1 Å². The van der Waals surface area contributed by atoms with Crippen molar-refractivity contribution in [1.82, 2.24) is 15.2 Å². The van der Waals surface area contributed by atoms with Crippen molar-refractivity contribution in [3.05, 3.63) is 65.6 Å². The van der Waals surface area contributed by atoms with E-state index in [9.17, 15) is 9.18 Å². The molecule has 0 aliphatic carbocycles. The average molecular weight is 369 g/mol. The third kappa shape index (κ3) is 5.08. The van der Waals surface area contributed by atoms with Crippen LogP contribution in [0, 0.1) is 5.82 Å². The molecule has 1 heterocycles. The molecular weight excluding hydrogens is 345 g/mol. The Morgan fingerprint density at radius 2 is 2.04 bits per heavy atom. The highest BCUT2D eigenvalue weighted by Gasteiger charge is 2.09. The quantitative estimate of drug-likeness (QED) is 0.639. The van der Waals surface area contributed by atoms with Crippen LogP contribution in [0.1, 0.15) is 17.7 Å². The van der Waals surface area contributed by atoms with E-state index in [1.54, 1.807) is 13.2 Å². The lowest BCUT2D eigenvalue weighted by molar-refractivity contribution is -0.121. The van der Waals surface area contributed by atoms with Crippen molar-refractivity contribution < 1.29 is 13.9 Å². The van der Waals surface area contributed by atoms with Crippen LogP contribution in [-0.2, 0) is 17.9 Å². The Labute approximate surface area is 158 Å². The van der Waals surface area contributed by atoms with Gasteiger partial charge in [0.05, 0.1) is 7.11 Å². The molecule has 6 heteroatoms. The van der Waals surface area contributed by atoms with Gasteiger partial charge in [-0.3, -0.25) is 4.79 Å². The molecule has 0 saturated heterocycles. The zero-order chi connectivity index (χ0) is 19.2. The number of rotatable bonds is 8. The van der Waals surface area contributed by atoms with Gasteiger partial charge in [-0.05, 0) is 37.4 Å². The van der Waals surface area contributed by atoms with E-state index in [1.807, 2.05) is 37.4 Å². The number of amides is 1. The Hall–Kier alpha value is -2.86. The molecule has 3 aromatic rings. The van der Waals surface area contributed by atoms with Crippen molar-refractivity contribution in [2.45, 2.75) is 19.5 Å². The number of carbonyl (C=O) groups excluding carboxylic acids is 1. The second kappa shape index (κ2) is 8.68. The zero-order valence-electron chi connectivity index (χ0n) is 15.6. The highest BCUT2D eigenvalue weighted by molar-refractivity contribution is 5.80. The second-order valence-corrected chi connectivity index (χ2v) is 6.60. The van der Waals surface area contributed by atoms with E-state index in [4.69, 9.17) is 4.74 Å². The van der Waals surface area contributed by atoms with Crippen molar-refractivity contribution in [3.8, 4) is 5.75 Å². The van der Waals surface area contributed by atoms with E-state index in [1.165, 1.54) is 12.1 Å². The monoisotopic (exact) mass is 369 g/mol. The fourth-order valence-corrected chi connectivity index (χ4v) is 3.04. The number of aromatic nitrogens is 1. The first-order chi connectivity index (χ1) is 13.0. The van der Waals surface area contributed by atoms with E-state index >= 15 is 0 Å². The molecule has 2 N–H and O–H groups in total. The number of aromatic amines is 1. The Balaban J connectivity index is 1.46. The van der Waals surface area contributed by atoms with Crippen LogP contribution >= 0.6 is 0 Å². The highest BCUT2D eigenvalue weighted by atomic mass is 19.1. The summed E-state index contributed by atoms with van der Waals surface area (Å²) in [5, 5.41) is 3.78. The average Bonchev–Trinajstić information content (AvgIpc) is 3.06. The molecule has 2 aromatic carbocycles. The van der Waals surface area contributed by atoms with E-state index < -0.39 is 0 Å². The normalized spacial score (nSPS) is 11.1. The number of carbonyl (C=O) groups is 1. The fourth-order valence-electron chi connectivity index (χ4n) is 3.04. The summed E-state index contributed by atoms with van der Waals surface area (Å²) in [6, 6.07) is 14.3.